The first kappa shape index (κ1) is 18.8. The van der Waals surface area contributed by atoms with Gasteiger partial charge in [-0.05, 0) is 44.0 Å². The van der Waals surface area contributed by atoms with Gasteiger partial charge in [-0.3, -0.25) is 10.1 Å². The zero-order chi connectivity index (χ0) is 18.7. The van der Waals surface area contributed by atoms with E-state index < -0.39 is 0 Å². The van der Waals surface area contributed by atoms with Crippen molar-refractivity contribution < 1.29 is 9.53 Å². The Morgan fingerprint density at radius 2 is 2.04 bits per heavy atom. The maximum Gasteiger partial charge on any atom is 0.269 e. The summed E-state index contributed by atoms with van der Waals surface area (Å²) in [6.07, 6.45) is 0.790. The second-order valence-electron chi connectivity index (χ2n) is 5.53. The highest BCUT2D eigenvalue weighted by atomic mass is 35.5. The van der Waals surface area contributed by atoms with Crippen LogP contribution in [-0.4, -0.2) is 21.1 Å². The third-order valence-corrected chi connectivity index (χ3v) is 6.07. The highest BCUT2D eigenvalue weighted by Gasteiger charge is 2.17. The molecule has 0 saturated heterocycles. The lowest BCUT2D eigenvalue weighted by atomic mass is 10.2. The van der Waals surface area contributed by atoms with E-state index in [9.17, 15) is 4.79 Å². The van der Waals surface area contributed by atoms with Crippen LogP contribution in [0.3, 0.4) is 0 Å². The van der Waals surface area contributed by atoms with Crippen LogP contribution >= 0.6 is 34.3 Å². The average Bonchev–Trinajstić information content (AvgIpc) is 3.22. The zero-order valence-electron chi connectivity index (χ0n) is 14.5. The fourth-order valence-corrected chi connectivity index (χ4v) is 3.84. The number of nitrogens with zero attached hydrogens (tertiary/aromatic N) is 3. The van der Waals surface area contributed by atoms with Gasteiger partial charge in [0.05, 0.1) is 5.69 Å². The summed E-state index contributed by atoms with van der Waals surface area (Å²) in [5.41, 5.74) is 1.61. The first-order chi connectivity index (χ1) is 12.5. The molecular formula is C17H17ClN4O2S2. The number of ether oxygens (including phenoxy) is 1. The Bertz CT molecular complexity index is 939. The number of aromatic nitrogens is 3. The minimum Gasteiger partial charge on any atom is -0.486 e. The Labute approximate surface area is 164 Å². The number of anilines is 1. The first-order valence-corrected chi connectivity index (χ1v) is 9.96. The van der Waals surface area contributed by atoms with E-state index in [1.807, 2.05) is 26.0 Å². The molecule has 0 aliphatic heterocycles. The lowest BCUT2D eigenvalue weighted by Gasteiger charge is -2.05. The number of halogens is 1. The fraction of sp³-hybridized carbons (Fsp3) is 0.294. The topological polar surface area (TPSA) is 77.0 Å². The number of hydrogen-bond acceptors (Lipinski definition) is 7. The molecule has 0 aliphatic rings. The van der Waals surface area contributed by atoms with Crippen molar-refractivity contribution in [2.75, 3.05) is 5.32 Å². The smallest absolute Gasteiger partial charge is 0.269 e. The minimum atomic E-state index is -0.229. The highest BCUT2D eigenvalue weighted by Crippen LogP contribution is 2.25. The molecule has 0 bridgehead atoms. The number of benzene rings is 1. The molecule has 9 heteroatoms. The molecule has 3 aromatic rings. The van der Waals surface area contributed by atoms with Gasteiger partial charge in [-0.2, -0.15) is 0 Å². The molecule has 0 saturated carbocycles. The number of amides is 1. The molecule has 2 aromatic heterocycles. The van der Waals surface area contributed by atoms with Gasteiger partial charge in [-0.25, -0.2) is 4.98 Å². The largest absolute Gasteiger partial charge is 0.486 e. The fourth-order valence-electron chi connectivity index (χ4n) is 2.18. The van der Waals surface area contributed by atoms with Crippen LogP contribution in [-0.2, 0) is 13.0 Å². The Hall–Kier alpha value is -2.03. The molecule has 0 unspecified atom stereocenters. The van der Waals surface area contributed by atoms with Gasteiger partial charge in [-0.1, -0.05) is 29.9 Å². The third kappa shape index (κ3) is 4.38. The van der Waals surface area contributed by atoms with Gasteiger partial charge in [0.2, 0.25) is 5.13 Å². The van der Waals surface area contributed by atoms with Crippen LogP contribution in [0.5, 0.6) is 5.75 Å². The molecule has 1 N–H and O–H groups in total. The van der Waals surface area contributed by atoms with Gasteiger partial charge < -0.3 is 4.74 Å². The number of rotatable bonds is 6. The molecule has 2 heterocycles. The van der Waals surface area contributed by atoms with Crippen LogP contribution in [0, 0.1) is 13.8 Å². The van der Waals surface area contributed by atoms with Gasteiger partial charge in [0.25, 0.3) is 5.91 Å². The number of carbonyl (C=O) groups is 1. The number of thiazole rings is 1. The molecule has 0 atom stereocenters. The van der Waals surface area contributed by atoms with E-state index in [0.29, 0.717) is 33.1 Å². The van der Waals surface area contributed by atoms with Crippen molar-refractivity contribution in [2.45, 2.75) is 33.8 Å². The van der Waals surface area contributed by atoms with Crippen molar-refractivity contribution in [3.05, 3.63) is 49.4 Å². The summed E-state index contributed by atoms with van der Waals surface area (Å²) >= 11 is 8.70. The van der Waals surface area contributed by atoms with E-state index in [1.54, 1.807) is 13.0 Å². The maximum absolute atomic E-state index is 12.4. The van der Waals surface area contributed by atoms with Crippen LogP contribution in [0.2, 0.25) is 5.02 Å². The highest BCUT2D eigenvalue weighted by molar-refractivity contribution is 7.16. The monoisotopic (exact) mass is 408 g/mol. The molecule has 1 aromatic carbocycles. The van der Waals surface area contributed by atoms with E-state index in [0.717, 1.165) is 22.0 Å². The Balaban J connectivity index is 1.66. The number of hydrogen-bond donors (Lipinski definition) is 1. The van der Waals surface area contributed by atoms with Crippen molar-refractivity contribution in [2.24, 2.45) is 0 Å². The SMILES string of the molecule is CCc1nnc(NC(=O)c2sc(COc3ccc(Cl)c(C)c3)nc2C)s1. The van der Waals surface area contributed by atoms with Gasteiger partial charge in [-0.15, -0.1) is 21.5 Å². The molecule has 1 amide bonds. The van der Waals surface area contributed by atoms with Crippen molar-refractivity contribution >= 4 is 45.3 Å². The van der Waals surface area contributed by atoms with Crippen LogP contribution in [0.1, 0.15) is 37.9 Å². The van der Waals surface area contributed by atoms with E-state index >= 15 is 0 Å². The molecule has 26 heavy (non-hydrogen) atoms. The normalized spacial score (nSPS) is 10.8. The summed E-state index contributed by atoms with van der Waals surface area (Å²) in [6.45, 7) is 6.01. The molecule has 0 radical (unpaired) electrons. The van der Waals surface area contributed by atoms with Crippen LogP contribution < -0.4 is 10.1 Å². The van der Waals surface area contributed by atoms with Gasteiger partial charge in [0.15, 0.2) is 0 Å². The summed E-state index contributed by atoms with van der Waals surface area (Å²) in [7, 11) is 0. The van der Waals surface area contributed by atoms with Crippen molar-refractivity contribution in [1.29, 1.82) is 0 Å². The van der Waals surface area contributed by atoms with Gasteiger partial charge >= 0.3 is 0 Å². The van der Waals surface area contributed by atoms with E-state index in [2.05, 4.69) is 20.5 Å². The van der Waals surface area contributed by atoms with E-state index in [-0.39, 0.29) is 5.91 Å². The number of nitrogens with one attached hydrogen (secondary N) is 1. The summed E-state index contributed by atoms with van der Waals surface area (Å²) in [5, 5.41) is 13.5. The van der Waals surface area contributed by atoms with Crippen molar-refractivity contribution in [3.63, 3.8) is 0 Å². The van der Waals surface area contributed by atoms with Gasteiger partial charge in [0, 0.05) is 5.02 Å². The first-order valence-electron chi connectivity index (χ1n) is 7.95. The summed E-state index contributed by atoms with van der Waals surface area (Å²) in [4.78, 5) is 17.4. The Morgan fingerprint density at radius 1 is 1.23 bits per heavy atom. The second-order valence-corrected chi connectivity index (χ2v) is 8.08. The zero-order valence-corrected chi connectivity index (χ0v) is 16.9. The summed E-state index contributed by atoms with van der Waals surface area (Å²) < 4.78 is 5.75. The molecular weight excluding hydrogens is 392 g/mol. The lowest BCUT2D eigenvalue weighted by Crippen LogP contribution is -2.11. The van der Waals surface area contributed by atoms with Crippen molar-refractivity contribution in [3.8, 4) is 5.75 Å². The predicted molar refractivity (Wildman–Crippen MR) is 105 cm³/mol. The Kier molecular flexibility index (Phi) is 5.85. The predicted octanol–water partition coefficient (Wildman–Crippen LogP) is 4.66. The Morgan fingerprint density at radius 3 is 2.73 bits per heavy atom. The lowest BCUT2D eigenvalue weighted by molar-refractivity contribution is 0.102. The molecule has 0 spiro atoms. The van der Waals surface area contributed by atoms with E-state index in [4.69, 9.17) is 16.3 Å². The molecule has 6 nitrogen and oxygen atoms in total. The molecule has 136 valence electrons. The number of aryl methyl sites for hydroxylation is 3. The molecule has 0 fully saturated rings. The van der Waals surface area contributed by atoms with Crippen LogP contribution in [0.4, 0.5) is 5.13 Å². The van der Waals surface area contributed by atoms with Crippen molar-refractivity contribution in [1.82, 2.24) is 15.2 Å². The quantitative estimate of drug-likeness (QED) is 0.641. The third-order valence-electron chi connectivity index (χ3n) is 3.53. The summed E-state index contributed by atoms with van der Waals surface area (Å²) in [6, 6.07) is 5.48. The second kappa shape index (κ2) is 8.11. The van der Waals surface area contributed by atoms with Crippen LogP contribution in [0.25, 0.3) is 0 Å². The number of carbonyl (C=O) groups excluding carboxylic acids is 1. The van der Waals surface area contributed by atoms with Gasteiger partial charge in [0.1, 0.15) is 27.2 Å². The standard InChI is InChI=1S/C17H17ClN4O2S2/c1-4-13-21-22-17(26-13)20-16(23)15-10(3)19-14(25-15)8-24-11-5-6-12(18)9(2)7-11/h5-7H,4,8H2,1-3H3,(H,20,22,23). The van der Waals surface area contributed by atoms with E-state index in [1.165, 1.54) is 22.7 Å². The molecule has 3 rings (SSSR count). The average molecular weight is 409 g/mol. The molecule has 0 aliphatic carbocycles. The summed E-state index contributed by atoms with van der Waals surface area (Å²) in [5.74, 6) is 0.485. The van der Waals surface area contributed by atoms with Crippen LogP contribution in [0.15, 0.2) is 18.2 Å². The maximum atomic E-state index is 12.4. The minimum absolute atomic E-state index is 0.229.